The van der Waals surface area contributed by atoms with Crippen LogP contribution in [-0.2, 0) is 26.4 Å². The molecule has 1 aliphatic rings. The van der Waals surface area contributed by atoms with Crippen LogP contribution in [0.2, 0.25) is 0 Å². The highest BCUT2D eigenvalue weighted by atomic mass is 32.2. The normalized spacial score (nSPS) is 15.4. The minimum atomic E-state index is -3.96. The van der Waals surface area contributed by atoms with Crippen LogP contribution >= 0.6 is 0 Å². The fraction of sp³-hybridized carbons (Fsp3) is 0.368. The maximum atomic E-state index is 13.1. The number of hydrogen-bond donors (Lipinski definition) is 0. The molecule has 0 unspecified atom stereocenters. The van der Waals surface area contributed by atoms with E-state index in [0.29, 0.717) is 0 Å². The quantitative estimate of drug-likeness (QED) is 0.734. The Morgan fingerprint density at radius 1 is 0.889 bits per heavy atom. The van der Waals surface area contributed by atoms with Gasteiger partial charge in [-0.25, -0.2) is 16.8 Å². The van der Waals surface area contributed by atoms with E-state index in [2.05, 4.69) is 4.90 Å². The minimum absolute atomic E-state index is 0.174. The molecule has 1 fully saturated rings. The first-order valence-corrected chi connectivity index (χ1v) is 12.1. The van der Waals surface area contributed by atoms with Crippen molar-refractivity contribution in [2.45, 2.75) is 29.2 Å². The first-order valence-electron chi connectivity index (χ1n) is 8.79. The molecule has 1 aliphatic heterocycles. The Hall–Kier alpha value is -1.90. The lowest BCUT2D eigenvalue weighted by Gasteiger charge is -2.24. The number of para-hydroxylation sites is 1. The Bertz CT molecular complexity index is 1030. The Morgan fingerprint density at radius 2 is 1.44 bits per heavy atom. The second-order valence-corrected chi connectivity index (χ2v) is 10.8. The van der Waals surface area contributed by atoms with Crippen LogP contribution in [0.5, 0.6) is 0 Å². The molecule has 0 bridgehead atoms. The molecule has 8 heteroatoms. The topological polar surface area (TPSA) is 74.8 Å². The number of sulfone groups is 1. The summed E-state index contributed by atoms with van der Waals surface area (Å²) in [4.78, 5) is 1.90. The van der Waals surface area contributed by atoms with E-state index in [4.69, 9.17) is 0 Å². The van der Waals surface area contributed by atoms with Gasteiger partial charge in [0.2, 0.25) is 10.0 Å². The van der Waals surface area contributed by atoms with Gasteiger partial charge in [0, 0.05) is 38.6 Å². The number of hydrogen-bond acceptors (Lipinski definition) is 5. The van der Waals surface area contributed by atoms with Gasteiger partial charge in [-0.15, -0.1) is 0 Å². The van der Waals surface area contributed by atoms with Gasteiger partial charge >= 0.3 is 0 Å². The molecule has 3 rings (SSSR count). The second-order valence-electron chi connectivity index (χ2n) is 6.80. The molecule has 0 aliphatic carbocycles. The van der Waals surface area contributed by atoms with Crippen LogP contribution in [0.1, 0.15) is 18.4 Å². The van der Waals surface area contributed by atoms with Gasteiger partial charge in [-0.05, 0) is 36.6 Å². The van der Waals surface area contributed by atoms with Crippen molar-refractivity contribution in [1.82, 2.24) is 4.31 Å². The molecule has 0 radical (unpaired) electrons. The summed E-state index contributed by atoms with van der Waals surface area (Å²) >= 11 is 0. The van der Waals surface area contributed by atoms with Crippen LogP contribution in [0.4, 0.5) is 5.69 Å². The molecule has 146 valence electrons. The first kappa shape index (κ1) is 19.9. The average Bonchev–Trinajstić information content (AvgIpc) is 3.16. The van der Waals surface area contributed by atoms with Crippen LogP contribution in [0.25, 0.3) is 0 Å². The number of sulfonamides is 1. The predicted molar refractivity (Wildman–Crippen MR) is 106 cm³/mol. The molecular formula is C19H24N2O4S2. The Balaban J connectivity index is 1.95. The van der Waals surface area contributed by atoms with Gasteiger partial charge in [0.1, 0.15) is 4.90 Å². The van der Waals surface area contributed by atoms with E-state index in [0.717, 1.165) is 43.4 Å². The highest BCUT2D eigenvalue weighted by Gasteiger charge is 2.28. The van der Waals surface area contributed by atoms with Crippen molar-refractivity contribution in [3.63, 3.8) is 0 Å². The fourth-order valence-corrected chi connectivity index (χ4v) is 6.12. The molecule has 27 heavy (non-hydrogen) atoms. The van der Waals surface area contributed by atoms with Crippen molar-refractivity contribution in [3.05, 3.63) is 54.1 Å². The first-order chi connectivity index (χ1) is 12.7. The number of nitrogens with zero attached hydrogens (tertiary/aromatic N) is 2. The Morgan fingerprint density at radius 3 is 2.07 bits per heavy atom. The van der Waals surface area contributed by atoms with Gasteiger partial charge in [-0.2, -0.15) is 4.31 Å². The molecule has 2 aromatic carbocycles. The van der Waals surface area contributed by atoms with Crippen LogP contribution in [0.3, 0.4) is 0 Å². The number of rotatable bonds is 6. The molecule has 0 saturated carbocycles. The van der Waals surface area contributed by atoms with Gasteiger partial charge < -0.3 is 4.90 Å². The highest BCUT2D eigenvalue weighted by Crippen LogP contribution is 2.28. The second kappa shape index (κ2) is 7.61. The Kier molecular flexibility index (Phi) is 5.60. The SMILES string of the molecule is CN(Cc1ccccc1N1CCCC1)S(=O)(=O)c1ccccc1S(C)(=O)=O. The summed E-state index contributed by atoms with van der Waals surface area (Å²) in [6.07, 6.45) is 3.28. The highest BCUT2D eigenvalue weighted by molar-refractivity contribution is 7.93. The van der Waals surface area contributed by atoms with E-state index in [1.54, 1.807) is 0 Å². The summed E-state index contributed by atoms with van der Waals surface area (Å²) in [5, 5.41) is 0. The smallest absolute Gasteiger partial charge is 0.244 e. The molecule has 1 heterocycles. The third-order valence-electron chi connectivity index (χ3n) is 4.77. The van der Waals surface area contributed by atoms with E-state index in [1.807, 2.05) is 24.3 Å². The largest absolute Gasteiger partial charge is 0.371 e. The van der Waals surface area contributed by atoms with Crippen molar-refractivity contribution in [2.24, 2.45) is 0 Å². The predicted octanol–water partition coefficient (Wildman–Crippen LogP) is 2.51. The van der Waals surface area contributed by atoms with Gasteiger partial charge in [-0.3, -0.25) is 0 Å². The molecule has 6 nitrogen and oxygen atoms in total. The summed E-state index contributed by atoms with van der Waals surface area (Å²) < 4.78 is 51.4. The summed E-state index contributed by atoms with van der Waals surface area (Å²) in [5.41, 5.74) is 1.94. The molecule has 0 amide bonds. The lowest BCUT2D eigenvalue weighted by molar-refractivity contribution is 0.464. The van der Waals surface area contributed by atoms with Gasteiger partial charge in [0.25, 0.3) is 0 Å². The zero-order chi connectivity index (χ0) is 19.7. The molecule has 1 saturated heterocycles. The number of anilines is 1. The third kappa shape index (κ3) is 4.17. The maximum Gasteiger partial charge on any atom is 0.244 e. The molecule has 0 N–H and O–H groups in total. The standard InChI is InChI=1S/C19H24N2O4S2/c1-20(15-16-9-3-4-10-17(16)21-13-7-8-14-21)27(24,25)19-12-6-5-11-18(19)26(2,22)23/h3-6,9-12H,7-8,13-15H2,1-2H3. The Labute approximate surface area is 161 Å². The summed E-state index contributed by atoms with van der Waals surface area (Å²) in [6.45, 7) is 2.10. The van der Waals surface area contributed by atoms with E-state index >= 15 is 0 Å². The van der Waals surface area contributed by atoms with Crippen LogP contribution in [0, 0.1) is 0 Å². The lowest BCUT2D eigenvalue weighted by atomic mass is 10.1. The van der Waals surface area contributed by atoms with Crippen molar-refractivity contribution < 1.29 is 16.8 Å². The summed E-state index contributed by atoms with van der Waals surface area (Å²) in [5.74, 6) is 0. The monoisotopic (exact) mass is 408 g/mol. The summed E-state index contributed by atoms with van der Waals surface area (Å²) in [7, 11) is -6.13. The molecule has 2 aromatic rings. The molecular weight excluding hydrogens is 384 g/mol. The van der Waals surface area contributed by atoms with Crippen LogP contribution in [0.15, 0.2) is 58.3 Å². The van der Waals surface area contributed by atoms with E-state index < -0.39 is 19.9 Å². The van der Waals surface area contributed by atoms with Crippen molar-refractivity contribution in [1.29, 1.82) is 0 Å². The summed E-state index contributed by atoms with van der Waals surface area (Å²) in [6, 6.07) is 13.5. The number of benzene rings is 2. The maximum absolute atomic E-state index is 13.1. The van der Waals surface area contributed by atoms with Crippen molar-refractivity contribution in [2.75, 3.05) is 31.3 Å². The van der Waals surface area contributed by atoms with E-state index in [-0.39, 0.29) is 16.3 Å². The molecule has 0 spiro atoms. The van der Waals surface area contributed by atoms with E-state index in [9.17, 15) is 16.8 Å². The van der Waals surface area contributed by atoms with Gasteiger partial charge in [-0.1, -0.05) is 30.3 Å². The zero-order valence-electron chi connectivity index (χ0n) is 15.5. The van der Waals surface area contributed by atoms with Crippen molar-refractivity contribution in [3.8, 4) is 0 Å². The van der Waals surface area contributed by atoms with Gasteiger partial charge in [0.05, 0.1) is 4.90 Å². The molecule has 0 aromatic heterocycles. The fourth-order valence-electron chi connectivity index (χ4n) is 3.37. The van der Waals surface area contributed by atoms with Crippen LogP contribution < -0.4 is 4.90 Å². The lowest BCUT2D eigenvalue weighted by Crippen LogP contribution is -2.29. The van der Waals surface area contributed by atoms with Crippen LogP contribution in [-0.4, -0.2) is 47.5 Å². The average molecular weight is 409 g/mol. The van der Waals surface area contributed by atoms with Crippen molar-refractivity contribution >= 4 is 25.5 Å². The molecule has 0 atom stereocenters. The van der Waals surface area contributed by atoms with Gasteiger partial charge in [0.15, 0.2) is 9.84 Å². The van der Waals surface area contributed by atoms with E-state index in [1.165, 1.54) is 35.6 Å². The third-order valence-corrected chi connectivity index (χ3v) is 7.91. The zero-order valence-corrected chi connectivity index (χ0v) is 17.1. The minimum Gasteiger partial charge on any atom is -0.371 e.